The normalized spacial score (nSPS) is 14.2. The van der Waals surface area contributed by atoms with E-state index >= 15 is 0 Å². The Labute approximate surface area is 101 Å². The molecule has 0 radical (unpaired) electrons. The minimum Gasteiger partial charge on any atom is -0.492 e. The lowest BCUT2D eigenvalue weighted by atomic mass is 10.1. The largest absolute Gasteiger partial charge is 0.492 e. The second kappa shape index (κ2) is 5.85. The average Bonchev–Trinajstić information content (AvgIpc) is 2.26. The van der Waals surface area contributed by atoms with Gasteiger partial charge < -0.3 is 4.74 Å². The quantitative estimate of drug-likeness (QED) is 0.735. The summed E-state index contributed by atoms with van der Waals surface area (Å²) in [6.45, 7) is 6.11. The van der Waals surface area contributed by atoms with Crippen LogP contribution in [0.3, 0.4) is 0 Å². The van der Waals surface area contributed by atoms with Crippen LogP contribution in [0.25, 0.3) is 0 Å². The molecule has 1 rings (SSSR count). The van der Waals surface area contributed by atoms with Crippen molar-refractivity contribution in [2.24, 2.45) is 11.1 Å². The monoisotopic (exact) mass is 241 g/mol. The van der Waals surface area contributed by atoms with Gasteiger partial charge in [-0.1, -0.05) is 29.8 Å². The molecule has 0 saturated carbocycles. The van der Waals surface area contributed by atoms with E-state index < -0.39 is 0 Å². The lowest BCUT2D eigenvalue weighted by Crippen LogP contribution is -2.19. The summed E-state index contributed by atoms with van der Waals surface area (Å²) in [4.78, 5) is 10.3. The molecule has 1 aromatic carbocycles. The molecule has 0 aliphatic heterocycles. The number of nitrogens with zero attached hydrogens (tertiary/aromatic N) is 1. The van der Waals surface area contributed by atoms with Crippen LogP contribution in [0.1, 0.15) is 19.4 Å². The van der Waals surface area contributed by atoms with Crippen molar-refractivity contribution >= 4 is 11.6 Å². The van der Waals surface area contributed by atoms with Crippen LogP contribution in [-0.4, -0.2) is 12.6 Å². The highest BCUT2D eigenvalue weighted by Gasteiger charge is 2.13. The van der Waals surface area contributed by atoms with Gasteiger partial charge in [0.25, 0.3) is 0 Å². The van der Waals surface area contributed by atoms with E-state index in [9.17, 15) is 4.91 Å². The van der Waals surface area contributed by atoms with E-state index in [0.717, 1.165) is 5.56 Å². The van der Waals surface area contributed by atoms with Crippen LogP contribution in [0.5, 0.6) is 5.75 Å². The molecule has 16 heavy (non-hydrogen) atoms. The molecule has 0 aliphatic rings. The maximum atomic E-state index is 10.3. The zero-order valence-electron chi connectivity index (χ0n) is 9.74. The Morgan fingerprint density at radius 2 is 2.12 bits per heavy atom. The highest BCUT2D eigenvalue weighted by Crippen LogP contribution is 2.25. The van der Waals surface area contributed by atoms with Crippen molar-refractivity contribution in [3.05, 3.63) is 33.7 Å². The van der Waals surface area contributed by atoms with Crippen LogP contribution < -0.4 is 4.74 Å². The third kappa shape index (κ3) is 3.49. The van der Waals surface area contributed by atoms with Crippen molar-refractivity contribution < 1.29 is 4.74 Å². The number of hydrogen-bond acceptors (Lipinski definition) is 3. The predicted molar refractivity (Wildman–Crippen MR) is 66.1 cm³/mol. The molecule has 0 aromatic heterocycles. The zero-order chi connectivity index (χ0) is 12.1. The number of nitroso groups, excluding NO2 is 1. The Kier molecular flexibility index (Phi) is 4.74. The summed E-state index contributed by atoms with van der Waals surface area (Å²) in [7, 11) is 0. The smallest absolute Gasteiger partial charge is 0.137 e. The lowest BCUT2D eigenvalue weighted by molar-refractivity contribution is 0.243. The topological polar surface area (TPSA) is 38.7 Å². The first-order valence-electron chi connectivity index (χ1n) is 5.26. The van der Waals surface area contributed by atoms with Crippen molar-refractivity contribution in [3.63, 3.8) is 0 Å². The molecule has 0 bridgehead atoms. The fourth-order valence-corrected chi connectivity index (χ4v) is 1.48. The molecule has 88 valence electrons. The number of ether oxygens (including phenoxy) is 1. The summed E-state index contributed by atoms with van der Waals surface area (Å²) in [5.41, 5.74) is 1.09. The molecule has 0 saturated heterocycles. The van der Waals surface area contributed by atoms with Gasteiger partial charge in [0.05, 0.1) is 17.7 Å². The summed E-state index contributed by atoms with van der Waals surface area (Å²) in [5, 5.41) is 3.57. The molecule has 0 amide bonds. The molecule has 3 nitrogen and oxygen atoms in total. The SMILES string of the molecule is Cc1ccc(OCC(C)C(C)N=O)c(Cl)c1. The molecule has 4 heteroatoms. The first kappa shape index (κ1) is 13.0. The van der Waals surface area contributed by atoms with Gasteiger partial charge in [-0.2, -0.15) is 4.91 Å². The second-order valence-corrected chi connectivity index (χ2v) is 4.48. The van der Waals surface area contributed by atoms with E-state index in [1.807, 2.05) is 32.0 Å². The summed E-state index contributed by atoms with van der Waals surface area (Å²) in [5.74, 6) is 0.729. The van der Waals surface area contributed by atoms with Crippen LogP contribution in [0.2, 0.25) is 5.02 Å². The Balaban J connectivity index is 2.57. The van der Waals surface area contributed by atoms with E-state index in [-0.39, 0.29) is 12.0 Å². The third-order valence-corrected chi connectivity index (χ3v) is 2.87. The number of rotatable bonds is 5. The van der Waals surface area contributed by atoms with Gasteiger partial charge in [-0.05, 0) is 31.5 Å². The number of benzene rings is 1. The minimum absolute atomic E-state index is 0.0786. The van der Waals surface area contributed by atoms with Crippen molar-refractivity contribution in [1.82, 2.24) is 0 Å². The van der Waals surface area contributed by atoms with Crippen molar-refractivity contribution in [2.45, 2.75) is 26.8 Å². The Morgan fingerprint density at radius 1 is 1.44 bits per heavy atom. The molecule has 0 fully saturated rings. The summed E-state index contributed by atoms with van der Waals surface area (Å²) >= 11 is 6.02. The molecule has 0 N–H and O–H groups in total. The van der Waals surface area contributed by atoms with Crippen LogP contribution in [0.4, 0.5) is 0 Å². The van der Waals surface area contributed by atoms with Gasteiger partial charge >= 0.3 is 0 Å². The molecule has 0 aliphatic carbocycles. The van der Waals surface area contributed by atoms with Gasteiger partial charge in [0, 0.05) is 5.92 Å². The Bertz CT molecular complexity index is 368. The molecular weight excluding hydrogens is 226 g/mol. The molecule has 0 heterocycles. The zero-order valence-corrected chi connectivity index (χ0v) is 10.5. The second-order valence-electron chi connectivity index (χ2n) is 4.07. The predicted octanol–water partition coefficient (Wildman–Crippen LogP) is 3.82. The van der Waals surface area contributed by atoms with Gasteiger partial charge in [0.15, 0.2) is 0 Å². The molecule has 2 atom stereocenters. The highest BCUT2D eigenvalue weighted by atomic mass is 35.5. The first-order chi connectivity index (χ1) is 7.54. The molecule has 0 spiro atoms. The van der Waals surface area contributed by atoms with Gasteiger partial charge in [0.2, 0.25) is 0 Å². The van der Waals surface area contributed by atoms with Crippen molar-refractivity contribution in [1.29, 1.82) is 0 Å². The third-order valence-electron chi connectivity index (χ3n) is 2.58. The Hall–Kier alpha value is -1.09. The van der Waals surface area contributed by atoms with Gasteiger partial charge in [-0.25, -0.2) is 0 Å². The van der Waals surface area contributed by atoms with E-state index in [1.54, 1.807) is 6.92 Å². The van der Waals surface area contributed by atoms with Crippen LogP contribution in [-0.2, 0) is 0 Å². The van der Waals surface area contributed by atoms with Crippen LogP contribution in [0.15, 0.2) is 23.4 Å². The molecular formula is C12H16ClNO2. The van der Waals surface area contributed by atoms with E-state index in [1.165, 1.54) is 0 Å². The van der Waals surface area contributed by atoms with Crippen molar-refractivity contribution in [2.75, 3.05) is 6.61 Å². The summed E-state index contributed by atoms with van der Waals surface area (Å²) in [6, 6.07) is 5.38. The Morgan fingerprint density at radius 3 is 2.69 bits per heavy atom. The fraction of sp³-hybridized carbons (Fsp3) is 0.500. The minimum atomic E-state index is -0.246. The van der Waals surface area contributed by atoms with Crippen molar-refractivity contribution in [3.8, 4) is 5.75 Å². The number of halogens is 1. The molecule has 2 unspecified atom stereocenters. The highest BCUT2D eigenvalue weighted by molar-refractivity contribution is 6.32. The number of hydrogen-bond donors (Lipinski definition) is 0. The summed E-state index contributed by atoms with van der Waals surface area (Å²) < 4.78 is 5.55. The van der Waals surface area contributed by atoms with Gasteiger partial charge in [-0.15, -0.1) is 0 Å². The number of aryl methyl sites for hydroxylation is 1. The maximum absolute atomic E-state index is 10.3. The van der Waals surface area contributed by atoms with E-state index in [0.29, 0.717) is 17.4 Å². The van der Waals surface area contributed by atoms with Crippen LogP contribution >= 0.6 is 11.6 Å². The van der Waals surface area contributed by atoms with E-state index in [2.05, 4.69) is 5.18 Å². The standard InChI is InChI=1S/C12H16ClNO2/c1-8-4-5-12(11(13)6-8)16-7-9(2)10(3)14-15/h4-6,9-10H,7H2,1-3H3. The fourth-order valence-electron chi connectivity index (χ4n) is 1.19. The average molecular weight is 242 g/mol. The van der Waals surface area contributed by atoms with Crippen LogP contribution in [0, 0.1) is 17.7 Å². The summed E-state index contributed by atoms with van der Waals surface area (Å²) in [6.07, 6.45) is 0. The lowest BCUT2D eigenvalue weighted by Gasteiger charge is -2.15. The van der Waals surface area contributed by atoms with Gasteiger partial charge in [0.1, 0.15) is 5.75 Å². The molecule has 1 aromatic rings. The van der Waals surface area contributed by atoms with Gasteiger partial charge in [-0.3, -0.25) is 0 Å². The first-order valence-corrected chi connectivity index (χ1v) is 5.63. The maximum Gasteiger partial charge on any atom is 0.137 e. The van der Waals surface area contributed by atoms with E-state index in [4.69, 9.17) is 16.3 Å².